The monoisotopic (exact) mass is 399 g/mol. The molecule has 1 saturated heterocycles. The summed E-state index contributed by atoms with van der Waals surface area (Å²) in [5.41, 5.74) is 6.11. The maximum absolute atomic E-state index is 12.7. The van der Waals surface area contributed by atoms with Crippen molar-refractivity contribution in [1.82, 2.24) is 4.90 Å². The van der Waals surface area contributed by atoms with E-state index in [4.69, 9.17) is 10.5 Å². The Kier molecular flexibility index (Phi) is 8.06. The van der Waals surface area contributed by atoms with Gasteiger partial charge in [0, 0.05) is 23.9 Å². The Morgan fingerprint density at radius 2 is 1.92 bits per heavy atom. The maximum atomic E-state index is 12.7. The summed E-state index contributed by atoms with van der Waals surface area (Å²) in [6.45, 7) is 0.923. The highest BCUT2D eigenvalue weighted by molar-refractivity contribution is 7.99. The van der Waals surface area contributed by atoms with Gasteiger partial charge >= 0.3 is 0 Å². The lowest BCUT2D eigenvalue weighted by Crippen LogP contribution is -2.46. The smallest absolute Gasteiger partial charge is 0.248 e. The zero-order chi connectivity index (χ0) is 17.6. The second kappa shape index (κ2) is 10.0. The predicted octanol–water partition coefficient (Wildman–Crippen LogP) is 2.48. The van der Waals surface area contributed by atoms with Gasteiger partial charge < -0.3 is 20.7 Å². The number of nitrogens with two attached hydrogens (primary N) is 1. The minimum atomic E-state index is -0.383. The first-order chi connectivity index (χ1) is 12.2. The molecule has 1 heterocycles. The number of anilines is 1. The molecule has 0 bridgehead atoms. The van der Waals surface area contributed by atoms with Gasteiger partial charge in [0.05, 0.1) is 5.88 Å². The lowest BCUT2D eigenvalue weighted by atomic mass is 10.1. The first-order valence-electron chi connectivity index (χ1n) is 8.81. The standard InChI is InChI=1S/C18H25N3O3S.ClH/c19-9-10-24-15-7-5-14(6-8-15)20-17(22)16-11-25-12-21(16)18(23)13-3-1-2-4-13;/h5-8,13,16H,1-4,9-12,19H2,(H,20,22);1H. The van der Waals surface area contributed by atoms with Gasteiger partial charge in [-0.15, -0.1) is 24.2 Å². The minimum absolute atomic E-state index is 0. The molecule has 1 aliphatic heterocycles. The molecule has 1 saturated carbocycles. The predicted molar refractivity (Wildman–Crippen MR) is 107 cm³/mol. The average Bonchev–Trinajstić information content (AvgIpc) is 3.32. The van der Waals surface area contributed by atoms with Gasteiger partial charge in [-0.25, -0.2) is 0 Å². The van der Waals surface area contributed by atoms with Gasteiger partial charge in [-0.3, -0.25) is 9.59 Å². The molecule has 144 valence electrons. The van der Waals surface area contributed by atoms with Gasteiger partial charge in [0.25, 0.3) is 0 Å². The molecule has 8 heteroatoms. The highest BCUT2D eigenvalue weighted by Crippen LogP contribution is 2.31. The van der Waals surface area contributed by atoms with E-state index in [1.165, 1.54) is 0 Å². The molecule has 26 heavy (non-hydrogen) atoms. The first kappa shape index (κ1) is 20.9. The molecular weight excluding hydrogens is 374 g/mol. The average molecular weight is 400 g/mol. The molecular formula is C18H26ClN3O3S. The van der Waals surface area contributed by atoms with Crippen LogP contribution in [0, 0.1) is 5.92 Å². The van der Waals surface area contributed by atoms with Crippen molar-refractivity contribution in [2.75, 3.05) is 30.1 Å². The Morgan fingerprint density at radius 1 is 1.23 bits per heavy atom. The first-order valence-corrected chi connectivity index (χ1v) is 9.96. The van der Waals surface area contributed by atoms with Crippen molar-refractivity contribution in [3.63, 3.8) is 0 Å². The Bertz CT molecular complexity index is 608. The number of ether oxygens (including phenoxy) is 1. The largest absolute Gasteiger partial charge is 0.492 e. The van der Waals surface area contributed by atoms with E-state index < -0.39 is 0 Å². The van der Waals surface area contributed by atoms with Gasteiger partial charge in [0.2, 0.25) is 11.8 Å². The Hall–Kier alpha value is -1.44. The normalized spacial score (nSPS) is 19.9. The molecule has 1 unspecified atom stereocenters. The Morgan fingerprint density at radius 3 is 2.58 bits per heavy atom. The molecule has 1 aromatic carbocycles. The van der Waals surface area contributed by atoms with E-state index in [1.54, 1.807) is 40.9 Å². The van der Waals surface area contributed by atoms with Crippen molar-refractivity contribution in [2.24, 2.45) is 11.7 Å². The number of thioether (sulfide) groups is 1. The van der Waals surface area contributed by atoms with E-state index in [9.17, 15) is 9.59 Å². The lowest BCUT2D eigenvalue weighted by molar-refractivity contribution is -0.139. The summed E-state index contributed by atoms with van der Waals surface area (Å²) in [5, 5.41) is 2.92. The molecule has 2 amide bonds. The second-order valence-electron chi connectivity index (χ2n) is 6.46. The number of rotatable bonds is 6. The Balaban J connectivity index is 0.00000243. The summed E-state index contributed by atoms with van der Waals surface area (Å²) >= 11 is 1.64. The van der Waals surface area contributed by atoms with Crippen LogP contribution in [-0.2, 0) is 9.59 Å². The number of carbonyl (C=O) groups is 2. The van der Waals surface area contributed by atoms with Crippen LogP contribution in [0.5, 0.6) is 5.75 Å². The number of amides is 2. The van der Waals surface area contributed by atoms with Gasteiger partial charge in [0.15, 0.2) is 0 Å². The van der Waals surface area contributed by atoms with Crippen LogP contribution in [0.4, 0.5) is 5.69 Å². The molecule has 2 aliphatic rings. The van der Waals surface area contributed by atoms with Crippen molar-refractivity contribution in [1.29, 1.82) is 0 Å². The number of carbonyl (C=O) groups excluding carboxylic acids is 2. The van der Waals surface area contributed by atoms with E-state index in [2.05, 4.69) is 5.32 Å². The number of nitrogens with one attached hydrogen (secondary N) is 1. The molecule has 6 nitrogen and oxygen atoms in total. The molecule has 0 radical (unpaired) electrons. The molecule has 1 aromatic rings. The number of hydrogen-bond donors (Lipinski definition) is 2. The van der Waals surface area contributed by atoms with Gasteiger partial charge in [-0.2, -0.15) is 0 Å². The number of nitrogens with zero attached hydrogens (tertiary/aromatic N) is 1. The number of halogens is 1. The third kappa shape index (κ3) is 5.05. The fraction of sp³-hybridized carbons (Fsp3) is 0.556. The van der Waals surface area contributed by atoms with E-state index in [0.717, 1.165) is 31.4 Å². The molecule has 3 rings (SSSR count). The van der Waals surface area contributed by atoms with Crippen LogP contribution >= 0.6 is 24.2 Å². The van der Waals surface area contributed by atoms with Crippen molar-refractivity contribution >= 4 is 41.7 Å². The molecule has 1 aliphatic carbocycles. The fourth-order valence-electron chi connectivity index (χ4n) is 3.32. The van der Waals surface area contributed by atoms with E-state index >= 15 is 0 Å². The van der Waals surface area contributed by atoms with Crippen molar-refractivity contribution in [3.8, 4) is 5.75 Å². The lowest BCUT2D eigenvalue weighted by Gasteiger charge is -2.25. The summed E-state index contributed by atoms with van der Waals surface area (Å²) in [7, 11) is 0. The topological polar surface area (TPSA) is 84.7 Å². The molecule has 0 spiro atoms. The van der Waals surface area contributed by atoms with Crippen molar-refractivity contribution < 1.29 is 14.3 Å². The molecule has 3 N–H and O–H groups in total. The quantitative estimate of drug-likeness (QED) is 0.767. The summed E-state index contributed by atoms with van der Waals surface area (Å²) in [6.07, 6.45) is 4.15. The van der Waals surface area contributed by atoms with E-state index in [-0.39, 0.29) is 36.2 Å². The second-order valence-corrected chi connectivity index (χ2v) is 7.46. The maximum Gasteiger partial charge on any atom is 0.248 e. The van der Waals surface area contributed by atoms with Crippen LogP contribution in [0.15, 0.2) is 24.3 Å². The van der Waals surface area contributed by atoms with E-state index in [1.807, 2.05) is 0 Å². The highest BCUT2D eigenvalue weighted by atomic mass is 35.5. The zero-order valence-corrected chi connectivity index (χ0v) is 16.3. The van der Waals surface area contributed by atoms with E-state index in [0.29, 0.717) is 30.5 Å². The molecule has 0 aromatic heterocycles. The molecule has 2 fully saturated rings. The van der Waals surface area contributed by atoms with Gasteiger partial charge in [-0.05, 0) is 37.1 Å². The van der Waals surface area contributed by atoms with Crippen LogP contribution in [0.25, 0.3) is 0 Å². The van der Waals surface area contributed by atoms with Gasteiger partial charge in [0.1, 0.15) is 18.4 Å². The summed E-state index contributed by atoms with van der Waals surface area (Å²) in [4.78, 5) is 27.1. The van der Waals surface area contributed by atoms with Crippen LogP contribution in [0.2, 0.25) is 0 Å². The van der Waals surface area contributed by atoms with Crippen molar-refractivity contribution in [3.05, 3.63) is 24.3 Å². The Labute approximate surface area is 164 Å². The van der Waals surface area contributed by atoms with Crippen LogP contribution < -0.4 is 15.8 Å². The third-order valence-corrected chi connectivity index (χ3v) is 5.69. The van der Waals surface area contributed by atoms with Crippen molar-refractivity contribution in [2.45, 2.75) is 31.7 Å². The summed E-state index contributed by atoms with van der Waals surface area (Å²) in [5.74, 6) is 2.12. The van der Waals surface area contributed by atoms with Gasteiger partial charge in [-0.1, -0.05) is 12.8 Å². The summed E-state index contributed by atoms with van der Waals surface area (Å²) < 4.78 is 5.43. The molecule has 1 atom stereocenters. The minimum Gasteiger partial charge on any atom is -0.492 e. The van der Waals surface area contributed by atoms with Crippen LogP contribution in [0.3, 0.4) is 0 Å². The fourth-order valence-corrected chi connectivity index (χ4v) is 4.49. The third-order valence-electron chi connectivity index (χ3n) is 4.68. The zero-order valence-electron chi connectivity index (χ0n) is 14.7. The number of benzene rings is 1. The van der Waals surface area contributed by atoms with Crippen LogP contribution in [-0.4, -0.2) is 47.5 Å². The number of hydrogen-bond acceptors (Lipinski definition) is 5. The SMILES string of the molecule is Cl.NCCOc1ccc(NC(=O)C2CSCN2C(=O)C2CCCC2)cc1. The summed E-state index contributed by atoms with van der Waals surface area (Å²) in [6, 6.07) is 6.82. The van der Waals surface area contributed by atoms with Crippen LogP contribution in [0.1, 0.15) is 25.7 Å². The highest BCUT2D eigenvalue weighted by Gasteiger charge is 2.38.